The second kappa shape index (κ2) is 13.1. The highest BCUT2D eigenvalue weighted by atomic mass is 32.2. The van der Waals surface area contributed by atoms with E-state index in [1.807, 2.05) is 40.7 Å². The van der Waals surface area contributed by atoms with Crippen molar-refractivity contribution in [3.63, 3.8) is 0 Å². The number of sulfonamides is 1. The van der Waals surface area contributed by atoms with Crippen LogP contribution in [-0.2, 0) is 14.8 Å². The van der Waals surface area contributed by atoms with Gasteiger partial charge in [-0.15, -0.1) is 0 Å². The maximum Gasteiger partial charge on any atom is 0.264 e. The summed E-state index contributed by atoms with van der Waals surface area (Å²) in [5.74, 6) is 0.646. The van der Waals surface area contributed by atoms with Crippen molar-refractivity contribution in [2.75, 3.05) is 24.1 Å². The van der Waals surface area contributed by atoms with Crippen molar-refractivity contribution in [3.8, 4) is 11.5 Å². The number of nitrogens with zero attached hydrogens (tertiary/aromatic N) is 2. The zero-order valence-corrected chi connectivity index (χ0v) is 23.3. The number of hydrazone groups is 1. The number of amides is 1. The van der Waals surface area contributed by atoms with E-state index in [1.54, 1.807) is 54.6 Å². The molecule has 0 saturated carbocycles. The lowest BCUT2D eigenvalue weighted by molar-refractivity contribution is -0.119. The van der Waals surface area contributed by atoms with Gasteiger partial charge in [-0.3, -0.25) is 9.10 Å². The summed E-state index contributed by atoms with van der Waals surface area (Å²) in [7, 11) is -4.02. The van der Waals surface area contributed by atoms with Gasteiger partial charge in [-0.25, -0.2) is 13.8 Å². The number of carbonyl (C=O) groups is 1. The van der Waals surface area contributed by atoms with Crippen LogP contribution in [-0.4, -0.2) is 40.3 Å². The number of carbonyl (C=O) groups excluding carboxylic acids is 1. The number of hydrogen-bond donors (Lipinski definition) is 1. The smallest absolute Gasteiger partial charge is 0.264 e. The van der Waals surface area contributed by atoms with Crippen LogP contribution in [0.1, 0.15) is 42.5 Å². The van der Waals surface area contributed by atoms with Crippen molar-refractivity contribution in [1.82, 2.24) is 5.43 Å². The summed E-state index contributed by atoms with van der Waals surface area (Å²) in [4.78, 5) is 13.0. The molecule has 1 amide bonds. The maximum atomic E-state index is 13.6. The molecule has 0 heterocycles. The number of nitrogens with one attached hydrogen (secondary N) is 1. The van der Waals surface area contributed by atoms with E-state index >= 15 is 0 Å². The third-order valence-electron chi connectivity index (χ3n) is 5.87. The first-order chi connectivity index (χ1) is 18.2. The van der Waals surface area contributed by atoms with E-state index in [9.17, 15) is 13.2 Å². The van der Waals surface area contributed by atoms with Gasteiger partial charge in [-0.2, -0.15) is 5.10 Å². The second-order valence-electron chi connectivity index (χ2n) is 8.82. The molecular weight excluding hydrogens is 502 g/mol. The van der Waals surface area contributed by atoms with Gasteiger partial charge in [0.05, 0.1) is 30.0 Å². The number of rotatable bonds is 12. The molecule has 8 nitrogen and oxygen atoms in total. The lowest BCUT2D eigenvalue weighted by Crippen LogP contribution is -2.40. The molecule has 0 atom stereocenters. The highest BCUT2D eigenvalue weighted by Crippen LogP contribution is 2.29. The molecule has 202 valence electrons. The Hall–Kier alpha value is -3.85. The first-order valence-corrected chi connectivity index (χ1v) is 14.0. The molecule has 0 aliphatic heterocycles. The molecule has 3 rings (SSSR count). The molecule has 0 spiro atoms. The average molecular weight is 538 g/mol. The summed E-state index contributed by atoms with van der Waals surface area (Å²) in [6, 6.07) is 17.3. The van der Waals surface area contributed by atoms with Crippen molar-refractivity contribution >= 4 is 27.8 Å². The Balaban J connectivity index is 1.83. The monoisotopic (exact) mass is 537 g/mol. The van der Waals surface area contributed by atoms with Crippen molar-refractivity contribution in [1.29, 1.82) is 0 Å². The Morgan fingerprint density at radius 3 is 2.39 bits per heavy atom. The van der Waals surface area contributed by atoms with E-state index in [0.29, 0.717) is 36.0 Å². The SMILES string of the molecule is CCCOc1ccc(/C=N\NC(=O)CN(c2cccc(C)c2C)S(=O)(=O)c2ccc(C)cc2)cc1OCC. The summed E-state index contributed by atoms with van der Waals surface area (Å²) in [5.41, 5.74) is 6.21. The first-order valence-electron chi connectivity index (χ1n) is 12.5. The van der Waals surface area contributed by atoms with E-state index in [-0.39, 0.29) is 4.90 Å². The predicted octanol–water partition coefficient (Wildman–Crippen LogP) is 5.14. The van der Waals surface area contributed by atoms with E-state index in [0.717, 1.165) is 27.4 Å². The van der Waals surface area contributed by atoms with Crippen LogP contribution < -0.4 is 19.2 Å². The molecule has 3 aromatic rings. The van der Waals surface area contributed by atoms with Gasteiger partial charge in [-0.1, -0.05) is 36.8 Å². The van der Waals surface area contributed by atoms with Gasteiger partial charge in [0.2, 0.25) is 0 Å². The average Bonchev–Trinajstić information content (AvgIpc) is 2.89. The Labute approximate surface area is 225 Å². The van der Waals surface area contributed by atoms with Crippen LogP contribution in [0.25, 0.3) is 0 Å². The molecule has 0 fully saturated rings. The summed E-state index contributed by atoms with van der Waals surface area (Å²) >= 11 is 0. The van der Waals surface area contributed by atoms with Gasteiger partial charge >= 0.3 is 0 Å². The minimum atomic E-state index is -4.02. The molecule has 0 aromatic heterocycles. The first kappa shape index (κ1) is 28.7. The molecule has 0 saturated heterocycles. The van der Waals surface area contributed by atoms with Crippen LogP contribution in [0, 0.1) is 20.8 Å². The molecule has 38 heavy (non-hydrogen) atoms. The molecule has 1 N–H and O–H groups in total. The fourth-order valence-corrected chi connectivity index (χ4v) is 5.17. The van der Waals surface area contributed by atoms with Crippen LogP contribution in [0.3, 0.4) is 0 Å². The second-order valence-corrected chi connectivity index (χ2v) is 10.7. The fourth-order valence-electron chi connectivity index (χ4n) is 3.69. The number of anilines is 1. The zero-order chi connectivity index (χ0) is 27.7. The largest absolute Gasteiger partial charge is 0.490 e. The molecule has 0 bridgehead atoms. The van der Waals surface area contributed by atoms with Crippen molar-refractivity contribution < 1.29 is 22.7 Å². The van der Waals surface area contributed by atoms with Crippen LogP contribution in [0.2, 0.25) is 0 Å². The molecular formula is C29H35N3O5S. The molecule has 0 aliphatic carbocycles. The third-order valence-corrected chi connectivity index (χ3v) is 7.65. The molecule has 9 heteroatoms. The van der Waals surface area contributed by atoms with Crippen LogP contribution in [0.15, 0.2) is 70.7 Å². The number of benzene rings is 3. The number of aryl methyl sites for hydroxylation is 2. The van der Waals surface area contributed by atoms with Gasteiger partial charge < -0.3 is 9.47 Å². The lowest BCUT2D eigenvalue weighted by Gasteiger charge is -2.26. The van der Waals surface area contributed by atoms with E-state index in [4.69, 9.17) is 9.47 Å². The quantitative estimate of drug-likeness (QED) is 0.255. The van der Waals surface area contributed by atoms with E-state index in [1.165, 1.54) is 6.21 Å². The molecule has 3 aromatic carbocycles. The molecule has 0 unspecified atom stereocenters. The predicted molar refractivity (Wildman–Crippen MR) is 151 cm³/mol. The number of ether oxygens (including phenoxy) is 2. The summed E-state index contributed by atoms with van der Waals surface area (Å²) in [6.07, 6.45) is 2.35. The van der Waals surface area contributed by atoms with E-state index < -0.39 is 22.5 Å². The Kier molecular flexibility index (Phi) is 9.90. The van der Waals surface area contributed by atoms with Crippen molar-refractivity contribution in [2.45, 2.75) is 45.9 Å². The van der Waals surface area contributed by atoms with Gasteiger partial charge in [-0.05, 0) is 87.2 Å². The van der Waals surface area contributed by atoms with Gasteiger partial charge in [0.25, 0.3) is 15.9 Å². The normalized spacial score (nSPS) is 11.4. The Morgan fingerprint density at radius 2 is 1.71 bits per heavy atom. The van der Waals surface area contributed by atoms with Gasteiger partial charge in [0.15, 0.2) is 11.5 Å². The lowest BCUT2D eigenvalue weighted by atomic mass is 10.1. The Morgan fingerprint density at radius 1 is 0.974 bits per heavy atom. The van der Waals surface area contributed by atoms with Gasteiger partial charge in [0.1, 0.15) is 6.54 Å². The highest BCUT2D eigenvalue weighted by Gasteiger charge is 2.28. The zero-order valence-electron chi connectivity index (χ0n) is 22.5. The topological polar surface area (TPSA) is 97.3 Å². The standard InChI is InChI=1S/C29H35N3O5S/c1-6-17-37-27-16-13-24(18-28(27)36-7-2)19-30-31-29(33)20-32(26-10-8-9-22(4)23(26)5)38(34,35)25-14-11-21(3)12-15-25/h8-16,18-19H,6-7,17,20H2,1-5H3,(H,31,33)/b30-19-. The van der Waals surface area contributed by atoms with Crippen LogP contribution >= 0.6 is 0 Å². The van der Waals surface area contributed by atoms with Crippen LogP contribution in [0.5, 0.6) is 11.5 Å². The maximum absolute atomic E-state index is 13.6. The summed E-state index contributed by atoms with van der Waals surface area (Å²) in [6.45, 7) is 10.1. The van der Waals surface area contributed by atoms with Crippen molar-refractivity contribution in [2.24, 2.45) is 5.10 Å². The Bertz CT molecular complexity index is 1390. The molecule has 0 aliphatic rings. The summed E-state index contributed by atoms with van der Waals surface area (Å²) in [5, 5.41) is 4.05. The minimum absolute atomic E-state index is 0.106. The summed E-state index contributed by atoms with van der Waals surface area (Å²) < 4.78 is 39.8. The van der Waals surface area contributed by atoms with Crippen molar-refractivity contribution in [3.05, 3.63) is 82.9 Å². The molecule has 0 radical (unpaired) electrons. The van der Waals surface area contributed by atoms with Gasteiger partial charge in [0, 0.05) is 0 Å². The van der Waals surface area contributed by atoms with E-state index in [2.05, 4.69) is 10.5 Å². The number of hydrogen-bond acceptors (Lipinski definition) is 6. The minimum Gasteiger partial charge on any atom is -0.490 e. The van der Waals surface area contributed by atoms with Crippen LogP contribution in [0.4, 0.5) is 5.69 Å². The fraction of sp³-hybridized carbons (Fsp3) is 0.310. The highest BCUT2D eigenvalue weighted by molar-refractivity contribution is 7.92. The third kappa shape index (κ3) is 7.13.